The Hall–Kier alpha value is -0.540. The van der Waals surface area contributed by atoms with Crippen LogP contribution in [0.1, 0.15) is 46.0 Å². The third kappa shape index (κ3) is 3.93. The minimum absolute atomic E-state index is 0.108. The highest BCUT2D eigenvalue weighted by molar-refractivity contribution is 8.77. The molecule has 3 rings (SSSR count). The molecule has 6 nitrogen and oxygen atoms in total. The van der Waals surface area contributed by atoms with Gasteiger partial charge in [-0.1, -0.05) is 28.0 Å². The molecule has 0 unspecified atom stereocenters. The van der Waals surface area contributed by atoms with E-state index in [1.165, 1.54) is 28.8 Å². The van der Waals surface area contributed by atoms with Gasteiger partial charge in [0, 0.05) is 22.2 Å². The number of carbonyl (C=O) groups excluding carboxylic acids is 2. The summed E-state index contributed by atoms with van der Waals surface area (Å²) >= 11 is 1.46. The van der Waals surface area contributed by atoms with Crippen molar-refractivity contribution in [3.8, 4) is 0 Å². The second-order valence-corrected chi connectivity index (χ2v) is 11.8. The van der Waals surface area contributed by atoms with Crippen LogP contribution in [0.15, 0.2) is 0 Å². The highest BCUT2D eigenvalue weighted by Gasteiger charge is 2.64. The number of aliphatic carboxylic acids is 1. The fourth-order valence-corrected chi connectivity index (χ4v) is 8.27. The maximum absolute atomic E-state index is 12.3. The van der Waals surface area contributed by atoms with Crippen LogP contribution in [-0.2, 0) is 14.4 Å². The Bertz CT molecular complexity index is 566. The number of β-lactam (4-membered cyclic amide) rings is 1. The minimum atomic E-state index is -0.985. The second kappa shape index (κ2) is 7.60. The van der Waals surface area contributed by atoms with Gasteiger partial charge in [-0.05, 0) is 33.1 Å². The zero-order chi connectivity index (χ0) is 18.2. The molecule has 3 fully saturated rings. The zero-order valence-corrected chi connectivity index (χ0v) is 16.8. The summed E-state index contributed by atoms with van der Waals surface area (Å²) in [6.07, 6.45) is 4.70. The first-order valence-electron chi connectivity index (χ1n) is 8.61. The van der Waals surface area contributed by atoms with E-state index in [1.807, 2.05) is 35.4 Å². The Morgan fingerprint density at radius 1 is 1.36 bits per heavy atom. The lowest BCUT2D eigenvalue weighted by Crippen LogP contribution is -2.70. The smallest absolute Gasteiger partial charge is 0.327 e. The van der Waals surface area contributed by atoms with E-state index in [0.29, 0.717) is 6.42 Å². The lowest BCUT2D eigenvalue weighted by molar-refractivity contribution is -0.161. The fourth-order valence-electron chi connectivity index (χ4n) is 3.61. The van der Waals surface area contributed by atoms with Gasteiger partial charge in [0.15, 0.2) is 0 Å². The summed E-state index contributed by atoms with van der Waals surface area (Å²) in [7, 11) is 3.88. The van der Waals surface area contributed by atoms with E-state index in [4.69, 9.17) is 0 Å². The maximum atomic E-state index is 12.3. The molecule has 25 heavy (non-hydrogen) atoms. The molecular weight excluding hydrogens is 380 g/mol. The Kier molecular flexibility index (Phi) is 5.85. The molecule has 0 aromatic carbocycles. The largest absolute Gasteiger partial charge is 0.480 e. The van der Waals surface area contributed by atoms with Crippen LogP contribution in [0.3, 0.4) is 0 Å². The van der Waals surface area contributed by atoms with Gasteiger partial charge >= 0.3 is 5.97 Å². The first-order valence-corrected chi connectivity index (χ1v) is 11.9. The normalized spacial score (nSPS) is 33.0. The molecule has 2 amide bonds. The van der Waals surface area contributed by atoms with Crippen LogP contribution >= 0.6 is 33.3 Å². The molecule has 140 valence electrons. The number of carboxylic acid groups (broad SMARTS) is 1. The monoisotopic (exact) mass is 404 g/mol. The predicted octanol–water partition coefficient (Wildman–Crippen LogP) is 2.33. The number of hydrogen-bond donors (Lipinski definition) is 2. The summed E-state index contributed by atoms with van der Waals surface area (Å²) in [6.45, 7) is 3.67. The van der Waals surface area contributed by atoms with Crippen molar-refractivity contribution in [2.75, 3.05) is 5.75 Å². The number of unbranched alkanes of at least 4 members (excludes halogenated alkanes) is 1. The van der Waals surface area contributed by atoms with Crippen LogP contribution in [0.5, 0.6) is 0 Å². The van der Waals surface area contributed by atoms with Crippen LogP contribution in [0.4, 0.5) is 0 Å². The lowest BCUT2D eigenvalue weighted by Gasteiger charge is -2.43. The van der Waals surface area contributed by atoms with Gasteiger partial charge in [0.05, 0.1) is 0 Å². The van der Waals surface area contributed by atoms with Gasteiger partial charge < -0.3 is 15.3 Å². The van der Waals surface area contributed by atoms with Crippen molar-refractivity contribution in [3.05, 3.63) is 0 Å². The van der Waals surface area contributed by atoms with Gasteiger partial charge in [-0.3, -0.25) is 9.59 Å². The minimum Gasteiger partial charge on any atom is -0.480 e. The van der Waals surface area contributed by atoms with Crippen molar-refractivity contribution < 1.29 is 19.5 Å². The molecule has 4 atom stereocenters. The average Bonchev–Trinajstić information content (AvgIpc) is 3.13. The standard InChI is InChI=1S/C16H24N2O4S3/c1-16(2)12(15(21)22)18-13(20)11(14(18)24-16)17-10(19)6-4-3-5-9-7-8-23-25-9/h9,11-12,14H,3-8H2,1-2H3,(H,17,19)(H,21,22)/t9-,11-,12+,14-/m1/s1. The van der Waals surface area contributed by atoms with Crippen molar-refractivity contribution in [2.45, 2.75) is 73.4 Å². The molecule has 0 saturated carbocycles. The third-order valence-corrected chi connectivity index (χ3v) is 9.48. The highest BCUT2D eigenvalue weighted by atomic mass is 33.1. The van der Waals surface area contributed by atoms with Crippen LogP contribution in [0.25, 0.3) is 0 Å². The number of rotatable bonds is 7. The number of thioether (sulfide) groups is 1. The van der Waals surface area contributed by atoms with E-state index in [9.17, 15) is 19.5 Å². The van der Waals surface area contributed by atoms with Crippen molar-refractivity contribution >= 4 is 51.1 Å². The summed E-state index contributed by atoms with van der Waals surface area (Å²) in [4.78, 5) is 37.3. The summed E-state index contributed by atoms with van der Waals surface area (Å²) in [5, 5.41) is 12.7. The van der Waals surface area contributed by atoms with Crippen LogP contribution in [0.2, 0.25) is 0 Å². The van der Waals surface area contributed by atoms with Gasteiger partial charge in [-0.25, -0.2) is 4.79 Å². The van der Waals surface area contributed by atoms with Crippen molar-refractivity contribution in [1.82, 2.24) is 10.2 Å². The maximum Gasteiger partial charge on any atom is 0.327 e. The molecule has 0 aliphatic carbocycles. The Balaban J connectivity index is 1.44. The first-order chi connectivity index (χ1) is 11.8. The molecule has 9 heteroatoms. The van der Waals surface area contributed by atoms with Gasteiger partial charge in [0.1, 0.15) is 17.5 Å². The van der Waals surface area contributed by atoms with E-state index in [0.717, 1.165) is 24.5 Å². The predicted molar refractivity (Wildman–Crippen MR) is 103 cm³/mol. The number of carboxylic acids is 1. The van der Waals surface area contributed by atoms with Crippen LogP contribution in [-0.4, -0.2) is 61.0 Å². The average molecular weight is 405 g/mol. The first kappa shape index (κ1) is 19.2. The van der Waals surface area contributed by atoms with Gasteiger partial charge in [-0.15, -0.1) is 11.8 Å². The van der Waals surface area contributed by atoms with Crippen molar-refractivity contribution in [2.24, 2.45) is 0 Å². The molecule has 3 aliphatic rings. The van der Waals surface area contributed by atoms with E-state index < -0.39 is 22.8 Å². The molecule has 3 heterocycles. The fraction of sp³-hybridized carbons (Fsp3) is 0.812. The molecule has 0 bridgehead atoms. The third-order valence-electron chi connectivity index (χ3n) is 4.90. The number of fused-ring (bicyclic) bond motifs is 1. The molecule has 0 aromatic heterocycles. The number of nitrogens with zero attached hydrogens (tertiary/aromatic N) is 1. The number of amides is 2. The zero-order valence-electron chi connectivity index (χ0n) is 14.4. The molecule has 3 aliphatic heterocycles. The Labute approximate surface area is 160 Å². The summed E-state index contributed by atoms with van der Waals surface area (Å²) in [6, 6.07) is -1.41. The van der Waals surface area contributed by atoms with Gasteiger partial charge in [0.25, 0.3) is 0 Å². The highest BCUT2D eigenvalue weighted by Crippen LogP contribution is 2.50. The summed E-state index contributed by atoms with van der Waals surface area (Å²) in [5.74, 6) is -0.143. The van der Waals surface area contributed by atoms with Gasteiger partial charge in [0.2, 0.25) is 11.8 Å². The van der Waals surface area contributed by atoms with Crippen molar-refractivity contribution in [1.29, 1.82) is 0 Å². The molecule has 0 radical (unpaired) electrons. The van der Waals surface area contributed by atoms with E-state index in [-0.39, 0.29) is 17.2 Å². The number of hydrogen-bond acceptors (Lipinski definition) is 6. The second-order valence-electron chi connectivity index (χ2n) is 7.22. The summed E-state index contributed by atoms with van der Waals surface area (Å²) in [5.41, 5.74) is 0. The summed E-state index contributed by atoms with van der Waals surface area (Å²) < 4.78 is -0.553. The SMILES string of the molecule is CC1(C)S[C@@H]2[C@H](NC(=O)CCCC[C@@H]3CCSS3)C(=O)N2[C@H]1C(=O)O. The van der Waals surface area contributed by atoms with Crippen LogP contribution < -0.4 is 5.32 Å². The molecular formula is C16H24N2O4S3. The van der Waals surface area contributed by atoms with Gasteiger partial charge in [-0.2, -0.15) is 0 Å². The number of nitrogens with one attached hydrogen (secondary N) is 1. The lowest BCUT2D eigenvalue weighted by atomic mass is 9.96. The van der Waals surface area contributed by atoms with E-state index in [1.54, 1.807) is 0 Å². The Morgan fingerprint density at radius 3 is 2.76 bits per heavy atom. The van der Waals surface area contributed by atoms with E-state index >= 15 is 0 Å². The van der Waals surface area contributed by atoms with Crippen LogP contribution in [0, 0.1) is 0 Å². The molecule has 3 saturated heterocycles. The molecule has 0 spiro atoms. The molecule has 0 aromatic rings. The topological polar surface area (TPSA) is 86.7 Å². The van der Waals surface area contributed by atoms with Crippen molar-refractivity contribution in [3.63, 3.8) is 0 Å². The molecule has 2 N–H and O–H groups in total. The Morgan fingerprint density at radius 2 is 2.12 bits per heavy atom. The number of carbonyl (C=O) groups is 3. The quantitative estimate of drug-likeness (QED) is 0.383. The van der Waals surface area contributed by atoms with E-state index in [2.05, 4.69) is 5.32 Å².